The van der Waals surface area contributed by atoms with Crippen LogP contribution in [0.15, 0.2) is 69.5 Å². The number of carbonyl (C=O) groups excluding carboxylic acids is 1. The molecule has 2 unspecified atom stereocenters. The van der Waals surface area contributed by atoms with E-state index in [1.54, 1.807) is 40.7 Å². The maximum atomic E-state index is 13.4. The van der Waals surface area contributed by atoms with Crippen molar-refractivity contribution in [3.05, 3.63) is 69.7 Å². The van der Waals surface area contributed by atoms with Gasteiger partial charge in [0.1, 0.15) is 0 Å². The number of amides is 2. The van der Waals surface area contributed by atoms with Crippen LogP contribution in [-0.2, 0) is 10.0 Å². The Bertz CT molecular complexity index is 1320. The largest absolute Gasteiger partial charge is 0.322 e. The van der Waals surface area contributed by atoms with Crippen LogP contribution in [0.25, 0.3) is 0 Å². The van der Waals surface area contributed by atoms with Crippen molar-refractivity contribution in [1.29, 1.82) is 0 Å². The molecule has 1 heterocycles. The molecule has 6 rings (SSSR count). The summed E-state index contributed by atoms with van der Waals surface area (Å²) in [6.07, 6.45) is 4.64. The number of halogens is 2. The number of fused-ring (bicyclic) bond motifs is 1. The average Bonchev–Trinajstić information content (AvgIpc) is 2.92. The number of carbonyl (C=O) groups is 1. The number of hydrogen-bond acceptors (Lipinski definition) is 4. The predicted octanol–water partition coefficient (Wildman–Crippen LogP) is 5.94. The molecular formula is C29H36BrClN4O3S. The van der Waals surface area contributed by atoms with Crippen LogP contribution in [0.1, 0.15) is 26.7 Å². The summed E-state index contributed by atoms with van der Waals surface area (Å²) in [7, 11) is -3.52. The zero-order chi connectivity index (χ0) is 27.8. The Labute approximate surface area is 245 Å². The van der Waals surface area contributed by atoms with Gasteiger partial charge in [0.25, 0.3) is 0 Å². The molecule has 0 aromatic heterocycles. The minimum absolute atomic E-state index is 0.131. The zero-order valence-corrected chi connectivity index (χ0v) is 25.6. The van der Waals surface area contributed by atoms with Gasteiger partial charge in [0.05, 0.1) is 4.90 Å². The van der Waals surface area contributed by atoms with Crippen molar-refractivity contribution in [3.8, 4) is 0 Å². The molecule has 2 aromatic rings. The van der Waals surface area contributed by atoms with Gasteiger partial charge in [-0.2, -0.15) is 4.31 Å². The van der Waals surface area contributed by atoms with Crippen LogP contribution in [0.3, 0.4) is 0 Å². The first kappa shape index (κ1) is 28.6. The fraction of sp³-hybridized carbons (Fsp3) is 0.483. The topological polar surface area (TPSA) is 73.0 Å². The summed E-state index contributed by atoms with van der Waals surface area (Å²) < 4.78 is 28.6. The second-order valence-corrected chi connectivity index (χ2v) is 14.7. The number of allylic oxidation sites excluding steroid dienone is 1. The normalized spacial score (nSPS) is 23.0. The molecule has 4 aliphatic rings. The highest BCUT2D eigenvalue weighted by Gasteiger charge is 2.51. The van der Waals surface area contributed by atoms with E-state index in [1.807, 2.05) is 17.0 Å². The summed E-state index contributed by atoms with van der Waals surface area (Å²) in [6.45, 7) is 8.66. The fourth-order valence-electron chi connectivity index (χ4n) is 6.08. The van der Waals surface area contributed by atoms with Gasteiger partial charge in [-0.25, -0.2) is 13.2 Å². The molecule has 2 amide bonds. The number of urea groups is 1. The Kier molecular flexibility index (Phi) is 8.46. The molecule has 39 heavy (non-hydrogen) atoms. The Morgan fingerprint density at radius 2 is 1.74 bits per heavy atom. The molecule has 2 aromatic carbocycles. The monoisotopic (exact) mass is 634 g/mol. The second kappa shape index (κ2) is 11.5. The summed E-state index contributed by atoms with van der Waals surface area (Å²) in [5.41, 5.74) is 2.36. The van der Waals surface area contributed by atoms with Gasteiger partial charge in [-0.1, -0.05) is 53.0 Å². The minimum atomic E-state index is -3.52. The van der Waals surface area contributed by atoms with E-state index in [-0.39, 0.29) is 6.03 Å². The number of hydrogen-bond donors (Lipinski definition) is 1. The van der Waals surface area contributed by atoms with Crippen LogP contribution >= 0.6 is 27.5 Å². The maximum Gasteiger partial charge on any atom is 0.322 e. The smallest absolute Gasteiger partial charge is 0.319 e. The molecule has 1 saturated carbocycles. The number of piperazine rings is 1. The molecular weight excluding hydrogens is 600 g/mol. The Morgan fingerprint density at radius 3 is 2.36 bits per heavy atom. The van der Waals surface area contributed by atoms with E-state index in [2.05, 4.69) is 46.1 Å². The van der Waals surface area contributed by atoms with Crippen LogP contribution in [0, 0.1) is 17.3 Å². The van der Waals surface area contributed by atoms with Gasteiger partial charge in [-0.3, -0.25) is 4.90 Å². The molecule has 2 fully saturated rings. The number of sulfonamides is 1. The first-order valence-electron chi connectivity index (χ1n) is 13.5. The number of anilines is 1. The van der Waals surface area contributed by atoms with E-state index in [0.717, 1.165) is 16.8 Å². The summed E-state index contributed by atoms with van der Waals surface area (Å²) in [4.78, 5) is 17.9. The maximum absolute atomic E-state index is 13.4. The van der Waals surface area contributed by atoms with Crippen molar-refractivity contribution in [2.24, 2.45) is 17.3 Å². The van der Waals surface area contributed by atoms with Crippen LogP contribution in [-0.4, -0.2) is 74.4 Å². The summed E-state index contributed by atoms with van der Waals surface area (Å²) in [5.74, 6) is 1.27. The van der Waals surface area contributed by atoms with Crippen LogP contribution < -0.4 is 5.32 Å². The summed E-state index contributed by atoms with van der Waals surface area (Å²) in [6, 6.07) is 13.8. The van der Waals surface area contributed by atoms with Crippen molar-refractivity contribution in [1.82, 2.24) is 14.1 Å². The van der Waals surface area contributed by atoms with Gasteiger partial charge in [0.15, 0.2) is 0 Å². The molecule has 2 bridgehead atoms. The van der Waals surface area contributed by atoms with E-state index in [1.165, 1.54) is 12.0 Å². The van der Waals surface area contributed by atoms with Gasteiger partial charge in [-0.15, -0.1) is 0 Å². The molecule has 1 N–H and O–H groups in total. The van der Waals surface area contributed by atoms with Crippen molar-refractivity contribution in [2.75, 3.05) is 51.1 Å². The predicted molar refractivity (Wildman–Crippen MR) is 159 cm³/mol. The van der Waals surface area contributed by atoms with Gasteiger partial charge < -0.3 is 10.2 Å². The van der Waals surface area contributed by atoms with E-state index in [4.69, 9.17) is 11.6 Å². The third kappa shape index (κ3) is 6.22. The van der Waals surface area contributed by atoms with E-state index >= 15 is 0 Å². The number of nitrogens with one attached hydrogen (secondary N) is 1. The summed E-state index contributed by atoms with van der Waals surface area (Å²) in [5, 5.41) is 3.66. The van der Waals surface area contributed by atoms with Crippen LogP contribution in [0.4, 0.5) is 10.5 Å². The van der Waals surface area contributed by atoms with Crippen LogP contribution in [0.2, 0.25) is 5.02 Å². The molecule has 0 spiro atoms. The number of benzene rings is 2. The lowest BCUT2D eigenvalue weighted by Crippen LogP contribution is -2.52. The molecule has 2 atom stereocenters. The Balaban J connectivity index is 1.21. The lowest BCUT2D eigenvalue weighted by molar-refractivity contribution is -0.00967. The highest BCUT2D eigenvalue weighted by molar-refractivity contribution is 9.10. The molecule has 7 nitrogen and oxygen atoms in total. The molecule has 210 valence electrons. The summed E-state index contributed by atoms with van der Waals surface area (Å²) >= 11 is 9.38. The average molecular weight is 636 g/mol. The van der Waals surface area contributed by atoms with Crippen molar-refractivity contribution < 1.29 is 13.2 Å². The first-order valence-corrected chi connectivity index (χ1v) is 16.1. The number of nitrogens with zero attached hydrogens (tertiary/aromatic N) is 3. The van der Waals surface area contributed by atoms with Crippen molar-refractivity contribution in [3.63, 3.8) is 0 Å². The lowest BCUT2D eigenvalue weighted by atomic mass is 9.49. The zero-order valence-electron chi connectivity index (χ0n) is 22.4. The van der Waals surface area contributed by atoms with Crippen LogP contribution in [0.5, 0.6) is 0 Å². The van der Waals surface area contributed by atoms with Gasteiger partial charge in [0.2, 0.25) is 10.0 Å². The van der Waals surface area contributed by atoms with E-state index < -0.39 is 10.0 Å². The van der Waals surface area contributed by atoms with Gasteiger partial charge >= 0.3 is 6.03 Å². The third-order valence-electron chi connectivity index (χ3n) is 8.81. The van der Waals surface area contributed by atoms with Crippen molar-refractivity contribution in [2.45, 2.75) is 31.6 Å². The molecule has 10 heteroatoms. The van der Waals surface area contributed by atoms with E-state index in [0.29, 0.717) is 72.8 Å². The molecule has 3 aliphatic carbocycles. The number of rotatable bonds is 8. The third-order valence-corrected chi connectivity index (χ3v) is 11.5. The minimum Gasteiger partial charge on any atom is -0.319 e. The fourth-order valence-corrected chi connectivity index (χ4v) is 7.89. The highest BCUT2D eigenvalue weighted by Crippen LogP contribution is 2.59. The first-order chi connectivity index (χ1) is 18.5. The quantitative estimate of drug-likeness (QED) is 0.365. The molecule has 1 saturated heterocycles. The lowest BCUT2D eigenvalue weighted by Gasteiger charge is -2.57. The SMILES string of the molecule is CC1(C)C2CC=C(CN(CCN3CCN(S(=O)(=O)c4ccc(Br)cc4)CC3)C(=O)Nc3ccc(Cl)cc3)C1C2. The molecule has 0 radical (unpaired) electrons. The highest BCUT2D eigenvalue weighted by atomic mass is 79.9. The molecule has 1 aliphatic heterocycles. The van der Waals surface area contributed by atoms with E-state index in [9.17, 15) is 13.2 Å². The Hall–Kier alpha value is -1.91. The standard InChI is InChI=1S/C29H36BrClN4O3S/c1-29(2)22-4-3-21(27(29)19-22)20-34(28(36)32-25-9-7-24(31)8-10-25)16-13-33-14-17-35(18-15-33)39(37,38)26-11-5-23(30)6-12-26/h3,5-12,22,27H,4,13-20H2,1-2H3,(H,32,36). The second-order valence-electron chi connectivity index (χ2n) is 11.4. The van der Waals surface area contributed by atoms with Gasteiger partial charge in [-0.05, 0) is 78.6 Å². The Morgan fingerprint density at radius 1 is 1.08 bits per heavy atom. The van der Waals surface area contributed by atoms with Gasteiger partial charge in [0, 0.05) is 61.0 Å². The van der Waals surface area contributed by atoms with Crippen molar-refractivity contribution >= 4 is 49.3 Å².